The lowest BCUT2D eigenvalue weighted by molar-refractivity contribution is -0.135. The first-order valence-electron chi connectivity index (χ1n) is 17.6. The minimum Gasteiger partial charge on any atom is -0.507 e. The first kappa shape index (κ1) is 37.5. The number of carbonyl (C=O) groups is 2. The van der Waals surface area contributed by atoms with Crippen LogP contribution in [0, 0.1) is 0 Å². The number of esters is 2. The quantitative estimate of drug-likeness (QED) is 0.0260. The molecule has 0 aromatic heterocycles. The van der Waals surface area contributed by atoms with Gasteiger partial charge in [-0.05, 0) is 73.5 Å². The smallest absolute Gasteiger partial charge is 0.311 e. The molecule has 0 unspecified atom stereocenters. The van der Waals surface area contributed by atoms with Crippen molar-refractivity contribution in [3.63, 3.8) is 0 Å². The van der Waals surface area contributed by atoms with Crippen LogP contribution < -0.4 is 28.4 Å². The molecular formula is C42H42O12. The third-order valence-electron chi connectivity index (χ3n) is 9.58. The van der Waals surface area contributed by atoms with E-state index in [-0.39, 0.29) is 69.6 Å². The Kier molecular flexibility index (Phi) is 11.2. The molecule has 0 aliphatic rings. The number of aromatic hydroxyl groups is 4. The molecule has 6 aromatic rings. The van der Waals surface area contributed by atoms with Crippen molar-refractivity contribution in [1.82, 2.24) is 0 Å². The summed E-state index contributed by atoms with van der Waals surface area (Å²) in [5, 5.41) is 47.0. The molecule has 0 fully saturated rings. The maximum atomic E-state index is 13.0. The number of rotatable bonds is 15. The molecule has 12 nitrogen and oxygen atoms in total. The molecule has 0 saturated carbocycles. The van der Waals surface area contributed by atoms with E-state index in [2.05, 4.69) is 0 Å². The largest absolute Gasteiger partial charge is 0.507 e. The molecule has 0 bridgehead atoms. The Morgan fingerprint density at radius 3 is 1.19 bits per heavy atom. The van der Waals surface area contributed by atoms with E-state index in [1.165, 1.54) is 28.4 Å². The Balaban J connectivity index is 1.01. The fraction of sp³-hybridized carbons (Fsp3) is 0.286. The number of hydrogen-bond acceptors (Lipinski definition) is 12. The number of carbonyl (C=O) groups excluding carboxylic acids is 2. The van der Waals surface area contributed by atoms with Crippen molar-refractivity contribution < 1.29 is 58.4 Å². The van der Waals surface area contributed by atoms with Gasteiger partial charge in [0.25, 0.3) is 0 Å². The Labute approximate surface area is 311 Å². The van der Waals surface area contributed by atoms with Crippen LogP contribution in [0.2, 0.25) is 0 Å². The van der Waals surface area contributed by atoms with Crippen LogP contribution in [0.15, 0.2) is 60.7 Å². The number of benzene rings is 6. The van der Waals surface area contributed by atoms with Gasteiger partial charge in [0.2, 0.25) is 0 Å². The van der Waals surface area contributed by atoms with Crippen molar-refractivity contribution >= 4 is 55.0 Å². The van der Waals surface area contributed by atoms with Gasteiger partial charge in [-0.25, -0.2) is 0 Å². The van der Waals surface area contributed by atoms with Gasteiger partial charge < -0.3 is 48.8 Å². The van der Waals surface area contributed by atoms with Crippen LogP contribution in [-0.4, -0.2) is 60.8 Å². The van der Waals surface area contributed by atoms with Crippen molar-refractivity contribution in [3.8, 4) is 57.5 Å². The predicted octanol–water partition coefficient (Wildman–Crippen LogP) is 8.79. The number of methoxy groups -OCH3 is 4. The number of phenolic OH excluding ortho intramolecular Hbond substituents is 4. The molecule has 0 amide bonds. The van der Waals surface area contributed by atoms with E-state index in [1.807, 2.05) is 0 Å². The second-order valence-corrected chi connectivity index (χ2v) is 12.8. The fourth-order valence-corrected chi connectivity index (χ4v) is 6.76. The fourth-order valence-electron chi connectivity index (χ4n) is 6.76. The molecule has 0 spiro atoms. The summed E-state index contributed by atoms with van der Waals surface area (Å²) in [6, 6.07) is 16.1. The Morgan fingerprint density at radius 2 is 0.815 bits per heavy atom. The maximum Gasteiger partial charge on any atom is 0.311 e. The summed E-state index contributed by atoms with van der Waals surface area (Å²) < 4.78 is 32.9. The zero-order valence-electron chi connectivity index (χ0n) is 30.5. The molecule has 0 saturated heterocycles. The van der Waals surface area contributed by atoms with E-state index in [0.717, 1.165) is 25.7 Å². The van der Waals surface area contributed by atoms with E-state index in [9.17, 15) is 30.0 Å². The Morgan fingerprint density at radius 1 is 0.444 bits per heavy atom. The number of hydrogen-bond donors (Lipinski definition) is 4. The molecule has 0 atom stereocenters. The summed E-state index contributed by atoms with van der Waals surface area (Å²) in [5.74, 6) is 0.0444. The number of phenols is 4. The second-order valence-electron chi connectivity index (χ2n) is 12.8. The summed E-state index contributed by atoms with van der Waals surface area (Å²) in [4.78, 5) is 25.9. The van der Waals surface area contributed by atoms with Gasteiger partial charge in [0, 0.05) is 45.2 Å². The van der Waals surface area contributed by atoms with E-state index in [4.69, 9.17) is 28.4 Å². The van der Waals surface area contributed by atoms with E-state index >= 15 is 0 Å². The highest BCUT2D eigenvalue weighted by atomic mass is 16.6. The molecule has 12 heteroatoms. The predicted molar refractivity (Wildman–Crippen MR) is 204 cm³/mol. The first-order valence-corrected chi connectivity index (χ1v) is 17.6. The van der Waals surface area contributed by atoms with Crippen molar-refractivity contribution in [2.75, 3.05) is 28.4 Å². The third-order valence-corrected chi connectivity index (χ3v) is 9.58. The molecule has 6 rings (SSSR count). The Bertz CT molecular complexity index is 2220. The van der Waals surface area contributed by atoms with Crippen molar-refractivity contribution in [1.29, 1.82) is 0 Å². The van der Waals surface area contributed by atoms with Crippen LogP contribution >= 0.6 is 0 Å². The lowest BCUT2D eigenvalue weighted by Crippen LogP contribution is -2.09. The summed E-state index contributed by atoms with van der Waals surface area (Å²) in [7, 11) is 5.87. The zero-order valence-corrected chi connectivity index (χ0v) is 30.5. The molecule has 6 aromatic carbocycles. The molecule has 0 radical (unpaired) electrons. The van der Waals surface area contributed by atoms with E-state index in [0.29, 0.717) is 56.7 Å². The average Bonchev–Trinajstić information content (AvgIpc) is 3.19. The minimum atomic E-state index is -0.506. The normalized spacial score (nSPS) is 11.3. The molecule has 54 heavy (non-hydrogen) atoms. The van der Waals surface area contributed by atoms with Gasteiger partial charge in [-0.15, -0.1) is 0 Å². The Hall–Kier alpha value is -6.30. The standard InChI is InChI=1S/C42H42O12/c1-49-23-13-15-25-29(21-23)37(45)27-17-19-31(51-3)41(35(27)39(25)47)53-33(43)11-9-7-5-6-8-10-12-34(44)54-42-32(52-4)20-18-28-36(42)40(48)26-16-14-24(50-2)22-30(26)38(28)46/h13-22,45-48H,5-12H2,1-4H3. The zero-order chi connectivity index (χ0) is 38.5. The van der Waals surface area contributed by atoms with E-state index in [1.54, 1.807) is 60.7 Å². The van der Waals surface area contributed by atoms with E-state index < -0.39 is 11.9 Å². The SMILES string of the molecule is COc1ccc2c(O)c3c(OC(=O)CCCCCCCCC(=O)Oc4c(OC)ccc5c(O)c6cc(OC)ccc6c(O)c45)c(OC)ccc3c(O)c2c1. The molecule has 4 N–H and O–H groups in total. The van der Waals surface area contributed by atoms with Gasteiger partial charge in [0.1, 0.15) is 34.5 Å². The van der Waals surface area contributed by atoms with Crippen LogP contribution in [0.4, 0.5) is 0 Å². The van der Waals surface area contributed by atoms with Crippen molar-refractivity contribution in [2.24, 2.45) is 0 Å². The van der Waals surface area contributed by atoms with Crippen LogP contribution in [0.5, 0.6) is 57.5 Å². The van der Waals surface area contributed by atoms with Gasteiger partial charge in [-0.2, -0.15) is 0 Å². The summed E-state index contributed by atoms with van der Waals surface area (Å²) in [5.41, 5.74) is 0. The molecule has 282 valence electrons. The van der Waals surface area contributed by atoms with Crippen LogP contribution in [0.25, 0.3) is 43.1 Å². The van der Waals surface area contributed by atoms with Crippen LogP contribution in [0.3, 0.4) is 0 Å². The summed E-state index contributed by atoms with van der Waals surface area (Å²) in [6.07, 6.45) is 4.53. The van der Waals surface area contributed by atoms with Gasteiger partial charge in [0.05, 0.1) is 39.2 Å². The highest BCUT2D eigenvalue weighted by Gasteiger charge is 2.24. The lowest BCUT2D eigenvalue weighted by atomic mass is 9.99. The van der Waals surface area contributed by atoms with Crippen molar-refractivity contribution in [2.45, 2.75) is 51.4 Å². The average molecular weight is 739 g/mol. The minimum absolute atomic E-state index is 0.0274. The molecular weight excluding hydrogens is 696 g/mol. The van der Waals surface area contributed by atoms with Crippen molar-refractivity contribution in [3.05, 3.63) is 60.7 Å². The molecule has 0 aliphatic carbocycles. The third kappa shape index (κ3) is 7.19. The van der Waals surface area contributed by atoms with Gasteiger partial charge in [-0.3, -0.25) is 9.59 Å². The monoisotopic (exact) mass is 738 g/mol. The van der Waals surface area contributed by atoms with Gasteiger partial charge in [-0.1, -0.05) is 25.7 Å². The van der Waals surface area contributed by atoms with Crippen LogP contribution in [-0.2, 0) is 9.59 Å². The van der Waals surface area contributed by atoms with Gasteiger partial charge >= 0.3 is 11.9 Å². The molecule has 0 aliphatic heterocycles. The number of ether oxygens (including phenoxy) is 6. The first-order chi connectivity index (χ1) is 26.1. The summed E-state index contributed by atoms with van der Waals surface area (Å²) in [6.45, 7) is 0. The summed E-state index contributed by atoms with van der Waals surface area (Å²) >= 11 is 0. The highest BCUT2D eigenvalue weighted by Crippen LogP contribution is 2.51. The highest BCUT2D eigenvalue weighted by molar-refractivity contribution is 6.15. The lowest BCUT2D eigenvalue weighted by Gasteiger charge is -2.16. The second kappa shape index (κ2) is 16.2. The molecule has 0 heterocycles. The maximum absolute atomic E-state index is 13.0. The van der Waals surface area contributed by atoms with Crippen LogP contribution in [0.1, 0.15) is 51.4 Å². The number of unbranched alkanes of at least 4 members (excludes halogenated alkanes) is 5. The topological polar surface area (TPSA) is 170 Å². The van der Waals surface area contributed by atoms with Gasteiger partial charge in [0.15, 0.2) is 23.0 Å². The number of fused-ring (bicyclic) bond motifs is 4.